The molecule has 0 unspecified atom stereocenters. The summed E-state index contributed by atoms with van der Waals surface area (Å²) in [6, 6.07) is 7.81. The van der Waals surface area contributed by atoms with Crippen molar-refractivity contribution in [3.63, 3.8) is 0 Å². The third-order valence-corrected chi connectivity index (χ3v) is 5.64. The molecule has 4 N–H and O–H groups in total. The van der Waals surface area contributed by atoms with Crippen molar-refractivity contribution in [1.29, 1.82) is 0 Å². The zero-order chi connectivity index (χ0) is 28.3. The highest BCUT2D eigenvalue weighted by Gasteiger charge is 2.35. The highest BCUT2D eigenvalue weighted by molar-refractivity contribution is 6.06. The molecule has 0 atom stereocenters. The number of hydrogen-bond donors (Lipinski definition) is 3. The van der Waals surface area contributed by atoms with Gasteiger partial charge in [0.15, 0.2) is 5.82 Å². The van der Waals surface area contributed by atoms with Crippen molar-refractivity contribution in [2.24, 2.45) is 4.99 Å². The second kappa shape index (κ2) is 11.2. The van der Waals surface area contributed by atoms with E-state index in [-0.39, 0.29) is 12.5 Å². The summed E-state index contributed by atoms with van der Waals surface area (Å²) in [5, 5.41) is 12.7. The smallest absolute Gasteiger partial charge is 0.417 e. The van der Waals surface area contributed by atoms with Gasteiger partial charge in [-0.05, 0) is 60.5 Å². The van der Waals surface area contributed by atoms with Gasteiger partial charge in [0.05, 0.1) is 11.0 Å². The maximum absolute atomic E-state index is 13.0. The number of carbonyl (C=O) groups is 2. The number of nitrogens with one attached hydrogen (secondary N) is 1. The number of anilines is 1. The third-order valence-electron chi connectivity index (χ3n) is 5.64. The molecule has 2 aromatic heterocycles. The lowest BCUT2D eigenvalue weighted by Crippen LogP contribution is -2.56. The Hall–Kier alpha value is -3.89. The number of para-hydroxylation sites is 1. The first-order chi connectivity index (χ1) is 17.7. The summed E-state index contributed by atoms with van der Waals surface area (Å²) in [5.74, 6) is 1.21. The van der Waals surface area contributed by atoms with Crippen LogP contribution < -0.4 is 11.1 Å². The lowest BCUT2D eigenvalue weighted by molar-refractivity contribution is 0.0242. The Balaban J connectivity index is 1.94. The van der Waals surface area contributed by atoms with E-state index in [1.807, 2.05) is 24.3 Å². The van der Waals surface area contributed by atoms with Gasteiger partial charge in [-0.3, -0.25) is 10.3 Å². The van der Waals surface area contributed by atoms with E-state index in [1.165, 1.54) is 4.90 Å². The first-order valence-corrected chi connectivity index (χ1v) is 12.8. The summed E-state index contributed by atoms with van der Waals surface area (Å²) in [6.45, 7) is 13.5. The van der Waals surface area contributed by atoms with Gasteiger partial charge in [-0.2, -0.15) is 0 Å². The van der Waals surface area contributed by atoms with Crippen molar-refractivity contribution in [1.82, 2.24) is 24.8 Å². The second-order valence-corrected chi connectivity index (χ2v) is 11.1. The third kappa shape index (κ3) is 6.70. The summed E-state index contributed by atoms with van der Waals surface area (Å²) in [7, 11) is 0. The van der Waals surface area contributed by atoms with Crippen LogP contribution in [0.1, 0.15) is 67.1 Å². The van der Waals surface area contributed by atoms with Gasteiger partial charge in [0.1, 0.15) is 16.9 Å². The second-order valence-electron chi connectivity index (χ2n) is 11.1. The highest BCUT2D eigenvalue weighted by atomic mass is 16.6. The Bertz CT molecular complexity index is 1350. The lowest BCUT2D eigenvalue weighted by atomic mass is 10.1. The van der Waals surface area contributed by atoms with Gasteiger partial charge < -0.3 is 20.1 Å². The van der Waals surface area contributed by atoms with Gasteiger partial charge >= 0.3 is 12.2 Å². The molecular weight excluding hydrogens is 486 g/mol. The number of rotatable bonds is 6. The van der Waals surface area contributed by atoms with Crippen molar-refractivity contribution >= 4 is 45.9 Å². The van der Waals surface area contributed by atoms with E-state index in [4.69, 9.17) is 15.5 Å². The minimum atomic E-state index is -1.32. The number of hydrogen-bond acceptors (Lipinski definition) is 7. The summed E-state index contributed by atoms with van der Waals surface area (Å²) >= 11 is 0. The molecule has 2 amide bonds. The monoisotopic (exact) mass is 525 g/mol. The zero-order valence-electron chi connectivity index (χ0n) is 23.3. The van der Waals surface area contributed by atoms with Gasteiger partial charge in [0.25, 0.3) is 0 Å². The number of ether oxygens (including phenoxy) is 1. The van der Waals surface area contributed by atoms with Crippen LogP contribution in [0.2, 0.25) is 0 Å². The molecule has 206 valence electrons. The van der Waals surface area contributed by atoms with Crippen LogP contribution in [0.25, 0.3) is 21.9 Å². The molecule has 0 aliphatic carbocycles. The largest absolute Gasteiger partial charge is 0.465 e. The number of aromatic nitrogens is 3. The van der Waals surface area contributed by atoms with E-state index in [0.29, 0.717) is 24.3 Å². The van der Waals surface area contributed by atoms with Crippen molar-refractivity contribution in [2.75, 3.05) is 12.3 Å². The normalized spacial score (nSPS) is 12.7. The number of nitrogens with two attached hydrogens (primary N) is 1. The fourth-order valence-electron chi connectivity index (χ4n) is 4.22. The Morgan fingerprint density at radius 1 is 1.16 bits per heavy atom. The van der Waals surface area contributed by atoms with Crippen molar-refractivity contribution in [2.45, 2.75) is 85.4 Å². The predicted molar refractivity (Wildman–Crippen MR) is 149 cm³/mol. The van der Waals surface area contributed by atoms with Crippen LogP contribution in [0.15, 0.2) is 29.3 Å². The predicted octanol–water partition coefficient (Wildman–Crippen LogP) is 5.17. The Labute approximate surface area is 223 Å². The SMILES string of the molecule is CCCc1nc2c(N)nc3ccccc3c2n1CCCN=C(NC(=O)O)N(C(=O)OC(C)(C)C)C(C)(C)C. The van der Waals surface area contributed by atoms with E-state index in [9.17, 15) is 14.7 Å². The van der Waals surface area contributed by atoms with Crippen LogP contribution in [0.3, 0.4) is 0 Å². The van der Waals surface area contributed by atoms with E-state index < -0.39 is 23.3 Å². The van der Waals surface area contributed by atoms with Gasteiger partial charge in [0.2, 0.25) is 5.96 Å². The minimum absolute atomic E-state index is 0.0811. The standard InChI is InChI=1S/C27H39N7O4/c1-8-12-19-31-20-21(17-13-9-10-14-18(17)30-22(20)28)33(19)16-11-15-29-23(32-24(35)36)34(26(2,3)4)25(37)38-27(5,6)7/h9-10,13-14H,8,11-12,15-16H2,1-7H3,(H2,28,30)(H,29,32)(H,35,36). The molecule has 0 saturated carbocycles. The van der Waals surface area contributed by atoms with Crippen molar-refractivity contribution in [3.8, 4) is 0 Å². The number of fused-ring (bicyclic) bond motifs is 3. The van der Waals surface area contributed by atoms with Crippen LogP contribution >= 0.6 is 0 Å². The molecule has 3 rings (SSSR count). The zero-order valence-corrected chi connectivity index (χ0v) is 23.3. The molecular formula is C27H39N7O4. The van der Waals surface area contributed by atoms with Gasteiger partial charge in [-0.25, -0.2) is 24.5 Å². The number of guanidine groups is 1. The van der Waals surface area contributed by atoms with E-state index >= 15 is 0 Å². The molecule has 0 radical (unpaired) electrons. The van der Waals surface area contributed by atoms with Crippen molar-refractivity contribution < 1.29 is 19.4 Å². The van der Waals surface area contributed by atoms with Crippen LogP contribution in [0.5, 0.6) is 0 Å². The number of pyridine rings is 1. The molecule has 2 heterocycles. The number of amides is 2. The Kier molecular flexibility index (Phi) is 8.48. The molecule has 0 spiro atoms. The summed E-state index contributed by atoms with van der Waals surface area (Å²) in [6.07, 6.45) is 0.249. The van der Waals surface area contributed by atoms with Crippen LogP contribution in [-0.2, 0) is 17.7 Å². The average molecular weight is 526 g/mol. The Morgan fingerprint density at radius 3 is 2.45 bits per heavy atom. The van der Waals surface area contributed by atoms with Crippen LogP contribution in [0, 0.1) is 0 Å². The maximum Gasteiger partial charge on any atom is 0.417 e. The van der Waals surface area contributed by atoms with Crippen LogP contribution in [-0.4, -0.2) is 60.4 Å². The van der Waals surface area contributed by atoms with E-state index in [1.54, 1.807) is 41.5 Å². The molecule has 0 bridgehead atoms. The summed E-state index contributed by atoms with van der Waals surface area (Å²) in [5.41, 5.74) is 7.11. The van der Waals surface area contributed by atoms with E-state index in [0.717, 1.165) is 35.1 Å². The van der Waals surface area contributed by atoms with Gasteiger partial charge in [-0.15, -0.1) is 0 Å². The molecule has 3 aromatic rings. The summed E-state index contributed by atoms with van der Waals surface area (Å²) in [4.78, 5) is 39.7. The fourth-order valence-corrected chi connectivity index (χ4v) is 4.22. The van der Waals surface area contributed by atoms with Crippen LogP contribution in [0.4, 0.5) is 15.4 Å². The molecule has 0 fully saturated rings. The fraction of sp³-hybridized carbons (Fsp3) is 0.519. The molecule has 11 heteroatoms. The minimum Gasteiger partial charge on any atom is -0.465 e. The maximum atomic E-state index is 13.0. The topological polar surface area (TPSA) is 148 Å². The molecule has 11 nitrogen and oxygen atoms in total. The molecule has 38 heavy (non-hydrogen) atoms. The average Bonchev–Trinajstić information content (AvgIpc) is 3.13. The van der Waals surface area contributed by atoms with Gasteiger partial charge in [-0.1, -0.05) is 25.1 Å². The number of nitrogen functional groups attached to an aromatic ring is 1. The van der Waals surface area contributed by atoms with Gasteiger partial charge in [0, 0.05) is 30.4 Å². The molecule has 0 saturated heterocycles. The van der Waals surface area contributed by atoms with Crippen molar-refractivity contribution in [3.05, 3.63) is 30.1 Å². The quantitative estimate of drug-likeness (QED) is 0.228. The number of carboxylic acid groups (broad SMARTS) is 1. The summed E-state index contributed by atoms with van der Waals surface area (Å²) < 4.78 is 7.69. The lowest BCUT2D eigenvalue weighted by Gasteiger charge is -2.36. The van der Waals surface area contributed by atoms with E-state index in [2.05, 4.69) is 26.8 Å². The number of benzene rings is 1. The number of imidazole rings is 1. The molecule has 0 aliphatic heterocycles. The molecule has 1 aromatic carbocycles. The highest BCUT2D eigenvalue weighted by Crippen LogP contribution is 2.29. The number of aryl methyl sites for hydroxylation is 2. The number of nitrogens with zero attached hydrogens (tertiary/aromatic N) is 5. The number of carbonyl (C=O) groups excluding carboxylic acids is 1. The molecule has 0 aliphatic rings. The number of aliphatic imine (C=N–C) groups is 1. The first kappa shape index (κ1) is 28.7. The Morgan fingerprint density at radius 2 is 1.84 bits per heavy atom. The first-order valence-electron chi connectivity index (χ1n) is 12.8.